The van der Waals surface area contributed by atoms with Gasteiger partial charge < -0.3 is 11.5 Å². The summed E-state index contributed by atoms with van der Waals surface area (Å²) in [6.45, 7) is 5.65. The smallest absolute Gasteiger partial charge is 0.253 e. The van der Waals surface area contributed by atoms with Crippen LogP contribution in [0.3, 0.4) is 0 Å². The first kappa shape index (κ1) is 15.8. The number of aromatic nitrogens is 3. The summed E-state index contributed by atoms with van der Waals surface area (Å²) in [5.41, 5.74) is 14.9. The van der Waals surface area contributed by atoms with E-state index >= 15 is 0 Å². The van der Waals surface area contributed by atoms with E-state index in [-0.39, 0.29) is 16.9 Å². The molecule has 0 aliphatic carbocycles. The molecule has 3 rings (SSSR count). The molecule has 124 valence electrons. The van der Waals surface area contributed by atoms with E-state index in [1.807, 2.05) is 26.8 Å². The second-order valence-corrected chi connectivity index (χ2v) is 5.96. The molecule has 0 unspecified atom stereocenters. The van der Waals surface area contributed by atoms with Gasteiger partial charge in [0.2, 0.25) is 0 Å². The fraction of sp³-hybridized carbons (Fsp3) is 0.235. The van der Waals surface area contributed by atoms with Gasteiger partial charge in [-0.25, -0.2) is 4.98 Å². The molecule has 7 nitrogen and oxygen atoms in total. The summed E-state index contributed by atoms with van der Waals surface area (Å²) in [5.74, 6) is 0.118. The van der Waals surface area contributed by atoms with Gasteiger partial charge in [-0.05, 0) is 38.0 Å². The van der Waals surface area contributed by atoms with Gasteiger partial charge in [0.1, 0.15) is 17.3 Å². The van der Waals surface area contributed by atoms with Crippen LogP contribution >= 0.6 is 0 Å². The highest BCUT2D eigenvalue weighted by Crippen LogP contribution is 2.32. The summed E-state index contributed by atoms with van der Waals surface area (Å²) in [6, 6.07) is 5.05. The van der Waals surface area contributed by atoms with Crippen molar-refractivity contribution in [2.75, 3.05) is 5.73 Å². The lowest BCUT2D eigenvalue weighted by Gasteiger charge is -2.15. The molecule has 4 N–H and O–H groups in total. The van der Waals surface area contributed by atoms with Crippen LogP contribution in [0.1, 0.15) is 27.2 Å². The van der Waals surface area contributed by atoms with Gasteiger partial charge in [-0.1, -0.05) is 6.07 Å². The molecule has 0 aromatic carbocycles. The molecule has 3 aromatic heterocycles. The molecular formula is C17H19N5O2. The third kappa shape index (κ3) is 2.09. The Hall–Kier alpha value is -3.09. The van der Waals surface area contributed by atoms with Crippen molar-refractivity contribution in [1.82, 2.24) is 14.1 Å². The molecular weight excluding hydrogens is 306 g/mol. The highest BCUT2D eigenvalue weighted by atomic mass is 16.1. The van der Waals surface area contributed by atoms with Crippen LogP contribution in [0.25, 0.3) is 16.9 Å². The molecule has 1 amide bonds. The van der Waals surface area contributed by atoms with E-state index in [1.54, 1.807) is 17.7 Å². The number of hydrogen-bond acceptors (Lipinski definition) is 4. The van der Waals surface area contributed by atoms with Crippen LogP contribution in [0, 0.1) is 20.8 Å². The van der Waals surface area contributed by atoms with Crippen LogP contribution in [0.15, 0.2) is 23.0 Å². The molecule has 24 heavy (non-hydrogen) atoms. The van der Waals surface area contributed by atoms with Gasteiger partial charge in [-0.15, -0.1) is 0 Å². The van der Waals surface area contributed by atoms with Crippen LogP contribution in [-0.4, -0.2) is 20.0 Å². The molecule has 0 bridgehead atoms. The minimum absolute atomic E-state index is 0.179. The average Bonchev–Trinajstić information content (AvgIpc) is 2.77. The molecule has 0 fully saturated rings. The van der Waals surface area contributed by atoms with E-state index in [4.69, 9.17) is 11.5 Å². The van der Waals surface area contributed by atoms with Crippen LogP contribution < -0.4 is 17.0 Å². The predicted molar refractivity (Wildman–Crippen MR) is 93.5 cm³/mol. The van der Waals surface area contributed by atoms with Crippen molar-refractivity contribution in [2.24, 2.45) is 12.8 Å². The molecule has 7 heteroatoms. The SMILES string of the molecule is Cc1cc2c(C(N)=O)c(N)n(-c3c(C)ccc(=O)n3C)c2nc1C. The summed E-state index contributed by atoms with van der Waals surface area (Å²) >= 11 is 0. The molecule has 0 saturated carbocycles. The minimum atomic E-state index is -0.625. The van der Waals surface area contributed by atoms with Gasteiger partial charge in [-0.2, -0.15) is 0 Å². The van der Waals surface area contributed by atoms with E-state index in [0.29, 0.717) is 16.9 Å². The van der Waals surface area contributed by atoms with Gasteiger partial charge in [-0.3, -0.25) is 18.7 Å². The van der Waals surface area contributed by atoms with Crippen LogP contribution in [0.5, 0.6) is 0 Å². The lowest BCUT2D eigenvalue weighted by Crippen LogP contribution is -2.22. The average molecular weight is 325 g/mol. The summed E-state index contributed by atoms with van der Waals surface area (Å²) in [5, 5.41) is 0.582. The molecule has 0 saturated heterocycles. The Balaban J connectivity index is 2.57. The van der Waals surface area contributed by atoms with Crippen molar-refractivity contribution in [2.45, 2.75) is 20.8 Å². The van der Waals surface area contributed by atoms with Crippen molar-refractivity contribution in [3.05, 3.63) is 50.9 Å². The monoisotopic (exact) mass is 325 g/mol. The normalized spacial score (nSPS) is 11.2. The van der Waals surface area contributed by atoms with Crippen molar-refractivity contribution < 1.29 is 4.79 Å². The van der Waals surface area contributed by atoms with Crippen molar-refractivity contribution in [3.63, 3.8) is 0 Å². The van der Waals surface area contributed by atoms with Gasteiger partial charge in [0.05, 0.1) is 5.56 Å². The van der Waals surface area contributed by atoms with Crippen molar-refractivity contribution in [1.29, 1.82) is 0 Å². The standard InChI is InChI=1S/C17H19N5O2/c1-8-5-6-12(23)21(4)17(8)22-14(18)13(15(19)24)11-7-9(2)10(3)20-16(11)22/h5-7H,18H2,1-4H3,(H2,19,24). The van der Waals surface area contributed by atoms with E-state index in [1.165, 1.54) is 10.6 Å². The quantitative estimate of drug-likeness (QED) is 0.740. The van der Waals surface area contributed by atoms with Crippen LogP contribution in [0.2, 0.25) is 0 Å². The Labute approximate surface area is 138 Å². The maximum Gasteiger partial charge on any atom is 0.253 e. The van der Waals surface area contributed by atoms with E-state index in [9.17, 15) is 9.59 Å². The predicted octanol–water partition coefficient (Wildman–Crippen LogP) is 1.33. The number of primary amides is 1. The number of rotatable bonds is 2. The number of hydrogen-bond donors (Lipinski definition) is 2. The number of nitrogens with two attached hydrogens (primary N) is 2. The second kappa shape index (κ2) is 5.23. The van der Waals surface area contributed by atoms with E-state index in [0.717, 1.165) is 16.8 Å². The summed E-state index contributed by atoms with van der Waals surface area (Å²) in [4.78, 5) is 28.6. The number of nitrogens with zero attached hydrogens (tertiary/aromatic N) is 3. The first-order chi connectivity index (χ1) is 11.2. The molecule has 3 heterocycles. The third-order valence-electron chi connectivity index (χ3n) is 4.36. The summed E-state index contributed by atoms with van der Waals surface area (Å²) < 4.78 is 3.10. The zero-order valence-electron chi connectivity index (χ0n) is 14.0. The molecule has 0 radical (unpaired) electrons. The van der Waals surface area contributed by atoms with Crippen LogP contribution in [0.4, 0.5) is 5.82 Å². The number of amides is 1. The fourth-order valence-electron chi connectivity index (χ4n) is 2.96. The molecule has 0 atom stereocenters. The van der Waals surface area contributed by atoms with Gasteiger partial charge in [0.25, 0.3) is 11.5 Å². The maximum absolute atomic E-state index is 12.1. The van der Waals surface area contributed by atoms with E-state index in [2.05, 4.69) is 4.98 Å². The first-order valence-electron chi connectivity index (χ1n) is 7.49. The molecule has 0 aliphatic heterocycles. The van der Waals surface area contributed by atoms with Crippen LogP contribution in [-0.2, 0) is 7.05 Å². The highest BCUT2D eigenvalue weighted by Gasteiger charge is 2.23. The van der Waals surface area contributed by atoms with Crippen molar-refractivity contribution in [3.8, 4) is 5.82 Å². The number of aryl methyl sites for hydroxylation is 3. The summed E-state index contributed by atoms with van der Waals surface area (Å²) in [6.07, 6.45) is 0. The fourth-order valence-corrected chi connectivity index (χ4v) is 2.96. The number of fused-ring (bicyclic) bond motifs is 1. The number of pyridine rings is 2. The summed E-state index contributed by atoms with van der Waals surface area (Å²) in [7, 11) is 1.65. The number of carbonyl (C=O) groups is 1. The number of nitrogen functional groups attached to an aromatic ring is 1. The second-order valence-electron chi connectivity index (χ2n) is 5.96. The highest BCUT2D eigenvalue weighted by molar-refractivity contribution is 6.11. The van der Waals surface area contributed by atoms with Crippen molar-refractivity contribution >= 4 is 22.8 Å². The number of anilines is 1. The Bertz CT molecular complexity index is 1060. The third-order valence-corrected chi connectivity index (χ3v) is 4.36. The topological polar surface area (TPSA) is 109 Å². The van der Waals surface area contributed by atoms with E-state index < -0.39 is 5.91 Å². The first-order valence-corrected chi connectivity index (χ1v) is 7.49. The Morgan fingerprint density at radius 1 is 1.17 bits per heavy atom. The zero-order chi connectivity index (χ0) is 17.8. The Morgan fingerprint density at radius 3 is 2.46 bits per heavy atom. The molecule has 3 aromatic rings. The largest absolute Gasteiger partial charge is 0.384 e. The lowest BCUT2D eigenvalue weighted by molar-refractivity contribution is 0.100. The Morgan fingerprint density at radius 2 is 1.83 bits per heavy atom. The minimum Gasteiger partial charge on any atom is -0.384 e. The van der Waals surface area contributed by atoms with Gasteiger partial charge in [0, 0.05) is 24.2 Å². The maximum atomic E-state index is 12.1. The molecule has 0 spiro atoms. The zero-order valence-corrected chi connectivity index (χ0v) is 14.0. The molecule has 0 aliphatic rings. The van der Waals surface area contributed by atoms with Gasteiger partial charge >= 0.3 is 0 Å². The number of carbonyl (C=O) groups excluding carboxylic acids is 1. The van der Waals surface area contributed by atoms with Gasteiger partial charge in [0.15, 0.2) is 0 Å². The Kier molecular flexibility index (Phi) is 3.44. The lowest BCUT2D eigenvalue weighted by atomic mass is 10.1.